The number of nitrogens with one attached hydrogen (secondary N) is 2. The number of hydrogen-bond acceptors (Lipinski definition) is 8. The number of carbonyl (C=O) groups is 2. The van der Waals surface area contributed by atoms with Gasteiger partial charge in [-0.25, -0.2) is 0 Å². The summed E-state index contributed by atoms with van der Waals surface area (Å²) in [6.07, 6.45) is 0.556. The summed E-state index contributed by atoms with van der Waals surface area (Å²) in [6.45, 7) is 8.28. The third-order valence-electron chi connectivity index (χ3n) is 7.14. The van der Waals surface area contributed by atoms with Crippen molar-refractivity contribution in [2.45, 2.75) is 39.5 Å². The molecule has 1 aromatic heterocycles. The van der Waals surface area contributed by atoms with Crippen LogP contribution in [-0.2, 0) is 11.8 Å². The Hall–Kier alpha value is -5.30. The summed E-state index contributed by atoms with van der Waals surface area (Å²) in [6, 6.07) is 18.1. The number of ether oxygens (including phenoxy) is 3. The minimum absolute atomic E-state index is 0.0600. The van der Waals surface area contributed by atoms with Gasteiger partial charge in [-0.15, -0.1) is 0 Å². The fourth-order valence-corrected chi connectivity index (χ4v) is 4.63. The highest BCUT2D eigenvalue weighted by Gasteiger charge is 2.23. The van der Waals surface area contributed by atoms with Crippen molar-refractivity contribution in [1.29, 1.82) is 5.26 Å². The van der Waals surface area contributed by atoms with E-state index >= 15 is 0 Å². The van der Waals surface area contributed by atoms with E-state index in [1.165, 1.54) is 7.11 Å². The fraction of sp³-hybridized carbons (Fsp3) is 0.294. The predicted octanol–water partition coefficient (Wildman–Crippen LogP) is 6.07. The van der Waals surface area contributed by atoms with Gasteiger partial charge in [-0.05, 0) is 71.8 Å². The number of anilines is 1. The zero-order valence-electron chi connectivity index (χ0n) is 26.0. The van der Waals surface area contributed by atoms with E-state index in [0.29, 0.717) is 41.4 Å². The Morgan fingerprint density at radius 3 is 2.25 bits per heavy atom. The first kappa shape index (κ1) is 31.6. The lowest BCUT2D eigenvalue weighted by molar-refractivity contribution is 0.0916. The van der Waals surface area contributed by atoms with Crippen molar-refractivity contribution in [2.24, 2.45) is 0 Å². The van der Waals surface area contributed by atoms with Gasteiger partial charge in [0.15, 0.2) is 0 Å². The molecule has 10 nitrogen and oxygen atoms in total. The summed E-state index contributed by atoms with van der Waals surface area (Å²) < 4.78 is 21.4. The molecule has 44 heavy (non-hydrogen) atoms. The summed E-state index contributed by atoms with van der Waals surface area (Å²) in [7, 11) is 4.60. The van der Waals surface area contributed by atoms with Crippen LogP contribution in [0, 0.1) is 18.3 Å². The van der Waals surface area contributed by atoms with Crippen molar-refractivity contribution in [3.63, 3.8) is 0 Å². The monoisotopic (exact) mass is 596 g/mol. The molecule has 0 bridgehead atoms. The van der Waals surface area contributed by atoms with Crippen LogP contribution in [0.4, 0.5) is 5.69 Å². The van der Waals surface area contributed by atoms with E-state index in [4.69, 9.17) is 18.7 Å². The predicted molar refractivity (Wildman–Crippen MR) is 167 cm³/mol. The Labute approximate surface area is 256 Å². The number of amides is 2. The Bertz CT molecular complexity index is 1710. The van der Waals surface area contributed by atoms with Crippen LogP contribution >= 0.6 is 0 Å². The molecule has 0 unspecified atom stereocenters. The summed E-state index contributed by atoms with van der Waals surface area (Å²) in [4.78, 5) is 26.2. The van der Waals surface area contributed by atoms with Crippen LogP contribution in [-0.4, -0.2) is 44.8 Å². The molecule has 0 saturated carbocycles. The van der Waals surface area contributed by atoms with E-state index < -0.39 is 11.8 Å². The Morgan fingerprint density at radius 1 is 0.932 bits per heavy atom. The van der Waals surface area contributed by atoms with Gasteiger partial charge in [0.1, 0.15) is 29.0 Å². The van der Waals surface area contributed by atoms with E-state index in [0.717, 1.165) is 16.7 Å². The second-order valence-electron chi connectivity index (χ2n) is 11.3. The number of nitriles is 1. The highest BCUT2D eigenvalue weighted by molar-refractivity contribution is 6.07. The highest BCUT2D eigenvalue weighted by Crippen LogP contribution is 2.33. The van der Waals surface area contributed by atoms with Crippen LogP contribution in [0.5, 0.6) is 17.2 Å². The second-order valence-corrected chi connectivity index (χ2v) is 11.3. The first-order chi connectivity index (χ1) is 21.0. The summed E-state index contributed by atoms with van der Waals surface area (Å²) in [5, 5.41) is 19.6. The summed E-state index contributed by atoms with van der Waals surface area (Å²) >= 11 is 0. The first-order valence-corrected chi connectivity index (χ1v) is 14.0. The van der Waals surface area contributed by atoms with Gasteiger partial charge in [0.25, 0.3) is 11.8 Å². The molecule has 0 saturated heterocycles. The molecule has 10 heteroatoms. The Balaban J connectivity index is 1.49. The van der Waals surface area contributed by atoms with Crippen LogP contribution in [0.1, 0.15) is 63.9 Å². The molecule has 1 heterocycles. The molecule has 2 N–H and O–H groups in total. The maximum Gasteiger partial charge on any atom is 0.289 e. The minimum Gasteiger partial charge on any atom is -0.497 e. The van der Waals surface area contributed by atoms with Gasteiger partial charge in [0, 0.05) is 29.9 Å². The van der Waals surface area contributed by atoms with Crippen LogP contribution < -0.4 is 24.8 Å². The second kappa shape index (κ2) is 13.3. The third-order valence-corrected chi connectivity index (χ3v) is 7.14. The van der Waals surface area contributed by atoms with Crippen LogP contribution in [0.2, 0.25) is 0 Å². The summed E-state index contributed by atoms with van der Waals surface area (Å²) in [5.74, 6) is 0.786. The molecule has 3 aromatic carbocycles. The molecule has 4 aromatic rings. The van der Waals surface area contributed by atoms with Crippen molar-refractivity contribution >= 4 is 17.5 Å². The largest absolute Gasteiger partial charge is 0.497 e. The summed E-state index contributed by atoms with van der Waals surface area (Å²) in [5.41, 5.74) is 4.53. The van der Waals surface area contributed by atoms with Crippen molar-refractivity contribution < 1.29 is 28.3 Å². The molecule has 0 aliphatic rings. The maximum atomic E-state index is 13.4. The molecule has 0 spiro atoms. The lowest BCUT2D eigenvalue weighted by Crippen LogP contribution is -2.25. The zero-order valence-corrected chi connectivity index (χ0v) is 26.0. The van der Waals surface area contributed by atoms with Gasteiger partial charge in [-0.3, -0.25) is 9.59 Å². The Kier molecular flexibility index (Phi) is 9.59. The maximum absolute atomic E-state index is 13.4. The smallest absolute Gasteiger partial charge is 0.289 e. The lowest BCUT2D eigenvalue weighted by Gasteiger charge is -2.22. The van der Waals surface area contributed by atoms with Crippen LogP contribution in [0.25, 0.3) is 11.3 Å². The molecule has 0 fully saturated rings. The van der Waals surface area contributed by atoms with Crippen molar-refractivity contribution in [2.75, 3.05) is 33.2 Å². The lowest BCUT2D eigenvalue weighted by atomic mass is 9.84. The van der Waals surface area contributed by atoms with Crippen LogP contribution in [0.3, 0.4) is 0 Å². The average molecular weight is 597 g/mol. The Morgan fingerprint density at radius 2 is 1.64 bits per heavy atom. The molecular formula is C34H36N4O6. The number of aryl methyl sites for hydroxylation is 1. The number of rotatable bonds is 10. The fourth-order valence-electron chi connectivity index (χ4n) is 4.63. The van der Waals surface area contributed by atoms with E-state index in [9.17, 15) is 14.9 Å². The van der Waals surface area contributed by atoms with Crippen molar-refractivity contribution in [1.82, 2.24) is 10.5 Å². The van der Waals surface area contributed by atoms with Gasteiger partial charge in [0.2, 0.25) is 5.76 Å². The molecule has 0 atom stereocenters. The van der Waals surface area contributed by atoms with E-state index in [1.807, 2.05) is 45.9 Å². The molecule has 0 aliphatic carbocycles. The van der Waals surface area contributed by atoms with Gasteiger partial charge in [0.05, 0.1) is 32.5 Å². The van der Waals surface area contributed by atoms with Gasteiger partial charge < -0.3 is 29.4 Å². The highest BCUT2D eigenvalue weighted by atomic mass is 16.5. The molecule has 0 aliphatic heterocycles. The zero-order chi connectivity index (χ0) is 32.0. The normalized spacial score (nSPS) is 11.0. The molecular weight excluding hydrogens is 560 g/mol. The minimum atomic E-state index is -0.423. The number of benzene rings is 3. The third kappa shape index (κ3) is 7.18. The number of carbonyl (C=O) groups excluding carboxylic acids is 2. The topological polar surface area (TPSA) is 136 Å². The van der Waals surface area contributed by atoms with E-state index in [2.05, 4.69) is 21.9 Å². The van der Waals surface area contributed by atoms with Gasteiger partial charge in [-0.1, -0.05) is 32.0 Å². The molecule has 4 rings (SSSR count). The molecule has 0 radical (unpaired) electrons. The number of aromatic nitrogens is 1. The quantitative estimate of drug-likeness (QED) is 0.225. The van der Waals surface area contributed by atoms with Crippen molar-refractivity contribution in [3.05, 3.63) is 88.2 Å². The number of methoxy groups -OCH3 is 3. The average Bonchev–Trinajstić information content (AvgIpc) is 3.50. The van der Waals surface area contributed by atoms with Gasteiger partial charge >= 0.3 is 0 Å². The van der Waals surface area contributed by atoms with Gasteiger partial charge in [-0.2, -0.15) is 5.26 Å². The number of nitrogens with zero attached hydrogens (tertiary/aromatic N) is 2. The molecule has 228 valence electrons. The van der Waals surface area contributed by atoms with E-state index in [-0.39, 0.29) is 28.1 Å². The standard InChI is InChI=1S/C34H36N4O6/c1-20-8-9-24(37-32(39)28-15-23(34(2,3)4)14-22(19-35)31(28)43-7)16-27(20)29-18-30(44-38-29)33(40)36-11-10-21-12-25(41-5)17-26(13-21)42-6/h8-9,12-18H,10-11H2,1-7H3,(H,36,40)(H,37,39). The van der Waals surface area contributed by atoms with Crippen LogP contribution in [0.15, 0.2) is 59.1 Å². The molecule has 2 amide bonds. The first-order valence-electron chi connectivity index (χ1n) is 14.0. The van der Waals surface area contributed by atoms with Crippen molar-refractivity contribution in [3.8, 4) is 34.6 Å². The SMILES string of the molecule is COc1cc(CCNC(=O)c2cc(-c3cc(NC(=O)c4cc(C(C)(C)C)cc(C#N)c4OC)ccc3C)no2)cc(OC)c1. The number of hydrogen-bond donors (Lipinski definition) is 2. The van der Waals surface area contributed by atoms with E-state index in [1.54, 1.807) is 50.6 Å².